The maximum absolute atomic E-state index is 13.1. The third kappa shape index (κ3) is 66.7. The fourth-order valence-corrected chi connectivity index (χ4v) is 12.8. The first-order chi connectivity index (χ1) is 44.7. The zero-order chi connectivity index (χ0) is 67.5. The number of rotatable bonds is 74. The lowest BCUT2D eigenvalue weighted by atomic mass is 10.0. The van der Waals surface area contributed by atoms with E-state index in [4.69, 9.17) is 37.0 Å². The van der Waals surface area contributed by atoms with Crippen molar-refractivity contribution in [2.24, 2.45) is 0 Å². The number of aliphatic hydroxyl groups is 1. The number of phosphoric ester groups is 2. The van der Waals surface area contributed by atoms with Gasteiger partial charge in [0.25, 0.3) is 0 Å². The Morgan fingerprint density at radius 3 is 0.641 bits per heavy atom. The van der Waals surface area contributed by atoms with Crippen LogP contribution in [-0.2, 0) is 65.4 Å². The topological polar surface area (TPSA) is 237 Å². The Kier molecular flexibility index (Phi) is 66.2. The Labute approximate surface area is 562 Å². The molecule has 17 nitrogen and oxygen atoms in total. The Bertz CT molecular complexity index is 1760. The van der Waals surface area contributed by atoms with Crippen molar-refractivity contribution in [1.29, 1.82) is 0 Å². The highest BCUT2D eigenvalue weighted by Crippen LogP contribution is 2.45. The van der Waals surface area contributed by atoms with Crippen LogP contribution >= 0.6 is 15.6 Å². The summed E-state index contributed by atoms with van der Waals surface area (Å²) in [5.41, 5.74) is 0. The van der Waals surface area contributed by atoms with Crippen molar-refractivity contribution in [2.45, 2.75) is 406 Å². The third-order valence-corrected chi connectivity index (χ3v) is 19.0. The molecule has 0 bridgehead atoms. The van der Waals surface area contributed by atoms with Gasteiger partial charge in [-0.25, -0.2) is 9.13 Å². The summed E-state index contributed by atoms with van der Waals surface area (Å²) in [5, 5.41) is 10.6. The highest BCUT2D eigenvalue weighted by Gasteiger charge is 2.30. The summed E-state index contributed by atoms with van der Waals surface area (Å²) in [6, 6.07) is 0. The zero-order valence-corrected chi connectivity index (χ0v) is 61.3. The van der Waals surface area contributed by atoms with E-state index in [9.17, 15) is 43.2 Å². The minimum atomic E-state index is -4.95. The molecular weight excluding hydrogens is 1210 g/mol. The SMILES string of the molecule is CCCCCCCCCCCCCCCCCCCCCCCC(=O)O[C@H](COC(=O)CCCCCCCCCCCCCCCCC)COP(=O)(O)OC[C@@H](O)COP(=O)(O)OC[C@@H](COC(=O)CCCCCCCCC)OC(=O)CCCCCCCCCCC. The average Bonchev–Trinajstić information content (AvgIpc) is 3.10. The van der Waals surface area contributed by atoms with E-state index in [1.165, 1.54) is 205 Å². The van der Waals surface area contributed by atoms with Gasteiger partial charge in [0.1, 0.15) is 19.3 Å². The van der Waals surface area contributed by atoms with Gasteiger partial charge >= 0.3 is 39.5 Å². The van der Waals surface area contributed by atoms with Crippen molar-refractivity contribution < 1.29 is 80.2 Å². The van der Waals surface area contributed by atoms with Gasteiger partial charge in [0.05, 0.1) is 26.4 Å². The van der Waals surface area contributed by atoms with Crippen molar-refractivity contribution in [2.75, 3.05) is 39.6 Å². The molecule has 0 amide bonds. The number of phosphoric acid groups is 2. The van der Waals surface area contributed by atoms with E-state index >= 15 is 0 Å². The van der Waals surface area contributed by atoms with Crippen molar-refractivity contribution >= 4 is 39.5 Å². The molecular formula is C73H142O17P2. The molecule has 19 heteroatoms. The quantitative estimate of drug-likeness (QED) is 0.0222. The molecule has 0 rings (SSSR count). The van der Waals surface area contributed by atoms with Crippen LogP contribution < -0.4 is 0 Å². The fraction of sp³-hybridized carbons (Fsp3) is 0.945. The summed E-state index contributed by atoms with van der Waals surface area (Å²) in [6.45, 7) is 4.90. The van der Waals surface area contributed by atoms with Gasteiger partial charge in [0, 0.05) is 25.7 Å². The lowest BCUT2D eigenvalue weighted by Gasteiger charge is -2.21. The molecule has 2 unspecified atom stereocenters. The lowest BCUT2D eigenvalue weighted by molar-refractivity contribution is -0.161. The van der Waals surface area contributed by atoms with Gasteiger partial charge in [0.15, 0.2) is 12.2 Å². The molecule has 546 valence electrons. The maximum Gasteiger partial charge on any atom is 0.472 e. The summed E-state index contributed by atoms with van der Waals surface area (Å²) in [7, 11) is -9.89. The average molecular weight is 1350 g/mol. The molecule has 92 heavy (non-hydrogen) atoms. The highest BCUT2D eigenvalue weighted by atomic mass is 31.2. The van der Waals surface area contributed by atoms with Crippen LogP contribution in [0.4, 0.5) is 0 Å². The standard InChI is InChI=1S/C73H142O17P2/c1-5-9-13-17-21-24-26-28-30-31-32-33-34-35-37-39-41-44-48-52-56-60-73(78)90-69(64-84-71(76)58-54-50-46-43-40-38-36-29-27-25-22-18-14-10-6-2)66-88-92(81,82)86-62-67(74)61-85-91(79,80)87-65-68(63-83-70(75)57-53-49-45-20-16-12-8-4)89-72(77)59-55-51-47-42-23-19-15-11-7-3/h67-69,74H,5-66H2,1-4H3,(H,79,80)(H,81,82)/t67-,68+,69+/m0/s1. The van der Waals surface area contributed by atoms with E-state index in [2.05, 4.69) is 27.7 Å². The predicted octanol–water partition coefficient (Wildman–Crippen LogP) is 21.4. The van der Waals surface area contributed by atoms with Gasteiger partial charge in [-0.1, -0.05) is 336 Å². The van der Waals surface area contributed by atoms with Gasteiger partial charge < -0.3 is 33.8 Å². The first-order valence-corrected chi connectivity index (χ1v) is 41.3. The maximum atomic E-state index is 13.1. The van der Waals surface area contributed by atoms with Crippen molar-refractivity contribution in [3.8, 4) is 0 Å². The van der Waals surface area contributed by atoms with Crippen LogP contribution in [0.1, 0.15) is 387 Å². The Hall–Kier alpha value is -1.94. The smallest absolute Gasteiger partial charge is 0.462 e. The van der Waals surface area contributed by atoms with Crippen LogP contribution in [0.5, 0.6) is 0 Å². The first-order valence-electron chi connectivity index (χ1n) is 38.3. The molecule has 0 aromatic heterocycles. The molecule has 0 aliphatic carbocycles. The van der Waals surface area contributed by atoms with Crippen molar-refractivity contribution in [3.05, 3.63) is 0 Å². The largest absolute Gasteiger partial charge is 0.472 e. The second-order valence-corrected chi connectivity index (χ2v) is 29.2. The van der Waals surface area contributed by atoms with E-state index in [0.29, 0.717) is 25.7 Å². The molecule has 3 N–H and O–H groups in total. The minimum absolute atomic E-state index is 0.106. The van der Waals surface area contributed by atoms with Gasteiger partial charge in [0.2, 0.25) is 0 Å². The molecule has 0 aromatic rings. The monoisotopic (exact) mass is 1350 g/mol. The highest BCUT2D eigenvalue weighted by molar-refractivity contribution is 7.47. The van der Waals surface area contributed by atoms with Crippen LogP contribution in [0.25, 0.3) is 0 Å². The van der Waals surface area contributed by atoms with Crippen molar-refractivity contribution in [3.63, 3.8) is 0 Å². The summed E-state index contributed by atoms with van der Waals surface area (Å²) in [4.78, 5) is 72.4. The number of aliphatic hydroxyl groups excluding tert-OH is 1. The van der Waals surface area contributed by atoms with Crippen LogP contribution in [-0.4, -0.2) is 96.7 Å². The second-order valence-electron chi connectivity index (χ2n) is 26.3. The first kappa shape index (κ1) is 90.1. The molecule has 0 aromatic carbocycles. The van der Waals surface area contributed by atoms with E-state index < -0.39 is 97.5 Å². The molecule has 0 saturated heterocycles. The number of hydrogen-bond donors (Lipinski definition) is 3. The van der Waals surface area contributed by atoms with E-state index in [0.717, 1.165) is 103 Å². The fourth-order valence-electron chi connectivity index (χ4n) is 11.2. The number of ether oxygens (including phenoxy) is 4. The predicted molar refractivity (Wildman–Crippen MR) is 372 cm³/mol. The van der Waals surface area contributed by atoms with Gasteiger partial charge in [-0.3, -0.25) is 37.3 Å². The molecule has 0 fully saturated rings. The number of unbranched alkanes of at least 4 members (excludes halogenated alkanes) is 48. The molecule has 0 saturated carbocycles. The van der Waals surface area contributed by atoms with Crippen LogP contribution in [0.3, 0.4) is 0 Å². The molecule has 0 spiro atoms. The van der Waals surface area contributed by atoms with Crippen LogP contribution in [0.2, 0.25) is 0 Å². The molecule has 0 radical (unpaired) electrons. The third-order valence-electron chi connectivity index (χ3n) is 17.1. The second kappa shape index (κ2) is 67.6. The van der Waals surface area contributed by atoms with Crippen LogP contribution in [0.15, 0.2) is 0 Å². The summed E-state index contributed by atoms with van der Waals surface area (Å²) >= 11 is 0. The van der Waals surface area contributed by atoms with Gasteiger partial charge in [-0.2, -0.15) is 0 Å². The summed E-state index contributed by atoms with van der Waals surface area (Å²) < 4.78 is 68.2. The number of carbonyl (C=O) groups excluding carboxylic acids is 4. The Balaban J connectivity index is 5.13. The molecule has 0 heterocycles. The van der Waals surface area contributed by atoms with E-state index in [1.54, 1.807) is 0 Å². The molecule has 5 atom stereocenters. The lowest BCUT2D eigenvalue weighted by Crippen LogP contribution is -2.30. The normalized spacial score (nSPS) is 13.9. The Morgan fingerprint density at radius 1 is 0.261 bits per heavy atom. The van der Waals surface area contributed by atoms with E-state index in [1.807, 2.05) is 0 Å². The van der Waals surface area contributed by atoms with Crippen molar-refractivity contribution in [1.82, 2.24) is 0 Å². The molecule has 0 aliphatic heterocycles. The number of hydrogen-bond acceptors (Lipinski definition) is 15. The van der Waals surface area contributed by atoms with Gasteiger partial charge in [-0.15, -0.1) is 0 Å². The van der Waals surface area contributed by atoms with Crippen LogP contribution in [0, 0.1) is 0 Å². The molecule has 0 aliphatic rings. The van der Waals surface area contributed by atoms with Gasteiger partial charge in [-0.05, 0) is 25.7 Å². The number of carbonyl (C=O) groups is 4. The summed E-state index contributed by atoms with van der Waals surface area (Å²) in [5.74, 6) is -2.12. The minimum Gasteiger partial charge on any atom is -0.462 e. The Morgan fingerprint density at radius 2 is 0.435 bits per heavy atom. The number of esters is 4. The zero-order valence-electron chi connectivity index (χ0n) is 59.5. The summed E-state index contributed by atoms with van der Waals surface area (Å²) in [6.07, 6.45) is 57.2. The van der Waals surface area contributed by atoms with E-state index in [-0.39, 0.29) is 25.7 Å².